The molecule has 1 aromatic heterocycles. The number of rotatable bonds is 6. The molecule has 1 N–H and O–H groups in total. The molecule has 0 aliphatic heterocycles. The van der Waals surface area contributed by atoms with Crippen LogP contribution >= 0.6 is 0 Å². The average molecular weight is 253 g/mol. The van der Waals surface area contributed by atoms with Crippen LogP contribution < -0.4 is 4.74 Å². The molecule has 0 bridgehead atoms. The third-order valence-electron chi connectivity index (χ3n) is 2.24. The average Bonchev–Trinajstić information content (AvgIpc) is 2.37. The summed E-state index contributed by atoms with van der Waals surface area (Å²) in [4.78, 5) is 26.1. The van der Waals surface area contributed by atoms with Crippen LogP contribution in [0.1, 0.15) is 40.6 Å². The summed E-state index contributed by atoms with van der Waals surface area (Å²) in [7, 11) is 1.32. The van der Waals surface area contributed by atoms with E-state index < -0.39 is 11.9 Å². The summed E-state index contributed by atoms with van der Waals surface area (Å²) >= 11 is 0. The molecule has 0 aromatic carbocycles. The molecular formula is C12H15NO5. The fourth-order valence-electron chi connectivity index (χ4n) is 1.26. The number of carboxylic acids is 1. The quantitative estimate of drug-likeness (QED) is 0.614. The van der Waals surface area contributed by atoms with Gasteiger partial charge in [-0.3, -0.25) is 0 Å². The van der Waals surface area contributed by atoms with Crippen molar-refractivity contribution in [3.8, 4) is 5.75 Å². The molecule has 6 heteroatoms. The summed E-state index contributed by atoms with van der Waals surface area (Å²) in [6, 6.07) is 1.31. The third kappa shape index (κ3) is 3.44. The number of pyridine rings is 1. The normalized spacial score (nSPS) is 9.89. The first kappa shape index (κ1) is 14.0. The maximum Gasteiger partial charge on any atom is 0.358 e. The number of methoxy groups -OCH3 is 1. The molecule has 98 valence electrons. The fraction of sp³-hybridized carbons (Fsp3) is 0.417. The van der Waals surface area contributed by atoms with Gasteiger partial charge in [-0.05, 0) is 12.5 Å². The first-order valence-corrected chi connectivity index (χ1v) is 5.54. The topological polar surface area (TPSA) is 85.7 Å². The Morgan fingerprint density at radius 3 is 2.72 bits per heavy atom. The van der Waals surface area contributed by atoms with E-state index in [0.717, 1.165) is 12.8 Å². The summed E-state index contributed by atoms with van der Waals surface area (Å²) in [6.45, 7) is 2.32. The molecule has 0 atom stereocenters. The van der Waals surface area contributed by atoms with Crippen molar-refractivity contribution in [3.05, 3.63) is 23.5 Å². The number of carboxylic acid groups (broad SMARTS) is 1. The Kier molecular flexibility index (Phi) is 5.10. The van der Waals surface area contributed by atoms with Gasteiger partial charge in [-0.15, -0.1) is 0 Å². The van der Waals surface area contributed by atoms with Crippen LogP contribution in [0.2, 0.25) is 0 Å². The van der Waals surface area contributed by atoms with E-state index in [9.17, 15) is 9.59 Å². The molecule has 0 fully saturated rings. The van der Waals surface area contributed by atoms with Gasteiger partial charge in [0.2, 0.25) is 0 Å². The van der Waals surface area contributed by atoms with Crippen molar-refractivity contribution >= 4 is 11.9 Å². The fourth-order valence-corrected chi connectivity index (χ4v) is 1.26. The van der Waals surface area contributed by atoms with Gasteiger partial charge < -0.3 is 14.6 Å². The summed E-state index contributed by atoms with van der Waals surface area (Å²) in [5.74, 6) is -1.71. The van der Waals surface area contributed by atoms with Crippen LogP contribution in [-0.4, -0.2) is 35.7 Å². The number of carbonyl (C=O) groups excluding carboxylic acids is 1. The van der Waals surface area contributed by atoms with Crippen LogP contribution in [0.15, 0.2) is 12.3 Å². The van der Waals surface area contributed by atoms with Crippen LogP contribution in [0, 0.1) is 0 Å². The molecular weight excluding hydrogens is 238 g/mol. The first-order chi connectivity index (χ1) is 8.60. The summed E-state index contributed by atoms with van der Waals surface area (Å²) in [5, 5.41) is 8.84. The number of aromatic nitrogens is 1. The van der Waals surface area contributed by atoms with Gasteiger partial charge in [0.05, 0.1) is 19.3 Å². The minimum atomic E-state index is -1.21. The molecule has 1 rings (SSSR count). The number of carbonyl (C=O) groups is 2. The van der Waals surface area contributed by atoms with Gasteiger partial charge in [-0.2, -0.15) is 0 Å². The van der Waals surface area contributed by atoms with E-state index in [0.29, 0.717) is 6.61 Å². The maximum atomic E-state index is 11.6. The Balaban J connectivity index is 2.85. The molecule has 6 nitrogen and oxygen atoms in total. The Morgan fingerprint density at radius 2 is 2.17 bits per heavy atom. The van der Waals surface area contributed by atoms with Crippen LogP contribution in [0.3, 0.4) is 0 Å². The number of hydrogen-bond donors (Lipinski definition) is 1. The van der Waals surface area contributed by atoms with Gasteiger partial charge in [0.1, 0.15) is 0 Å². The zero-order chi connectivity index (χ0) is 13.5. The van der Waals surface area contributed by atoms with Gasteiger partial charge in [-0.1, -0.05) is 13.3 Å². The van der Waals surface area contributed by atoms with Gasteiger partial charge in [0, 0.05) is 6.20 Å². The van der Waals surface area contributed by atoms with Crippen LogP contribution in [-0.2, 0) is 4.74 Å². The third-order valence-corrected chi connectivity index (χ3v) is 2.24. The Morgan fingerprint density at radius 1 is 1.44 bits per heavy atom. The molecule has 18 heavy (non-hydrogen) atoms. The van der Waals surface area contributed by atoms with Crippen LogP contribution in [0.4, 0.5) is 0 Å². The standard InChI is InChI=1S/C12H15NO5/c1-3-4-5-18-12(16)8-6-9(17-2)10(11(14)15)13-7-8/h6-7H,3-5H2,1-2H3,(H,14,15). The van der Waals surface area contributed by atoms with E-state index >= 15 is 0 Å². The van der Waals surface area contributed by atoms with Crippen molar-refractivity contribution in [2.75, 3.05) is 13.7 Å². The van der Waals surface area contributed by atoms with E-state index in [1.54, 1.807) is 0 Å². The first-order valence-electron chi connectivity index (χ1n) is 5.54. The van der Waals surface area contributed by atoms with Gasteiger partial charge in [0.25, 0.3) is 0 Å². The van der Waals surface area contributed by atoms with Crippen LogP contribution in [0.5, 0.6) is 5.75 Å². The monoisotopic (exact) mass is 253 g/mol. The highest BCUT2D eigenvalue weighted by atomic mass is 16.5. The second-order valence-corrected chi connectivity index (χ2v) is 3.57. The van der Waals surface area contributed by atoms with Crippen LogP contribution in [0.25, 0.3) is 0 Å². The Labute approximate surface area is 105 Å². The molecule has 0 radical (unpaired) electrons. The molecule has 0 aliphatic rings. The van der Waals surface area contributed by atoms with Crippen molar-refractivity contribution < 1.29 is 24.2 Å². The highest BCUT2D eigenvalue weighted by Gasteiger charge is 2.16. The van der Waals surface area contributed by atoms with Gasteiger partial charge >= 0.3 is 11.9 Å². The van der Waals surface area contributed by atoms with E-state index in [1.807, 2.05) is 6.92 Å². The molecule has 1 aromatic rings. The van der Waals surface area contributed by atoms with Crippen molar-refractivity contribution in [2.24, 2.45) is 0 Å². The van der Waals surface area contributed by atoms with E-state index in [-0.39, 0.29) is 17.0 Å². The highest BCUT2D eigenvalue weighted by molar-refractivity contribution is 5.93. The molecule has 0 amide bonds. The largest absolute Gasteiger partial charge is 0.494 e. The number of unbranched alkanes of at least 4 members (excludes halogenated alkanes) is 1. The number of aromatic carboxylic acids is 1. The maximum absolute atomic E-state index is 11.6. The zero-order valence-electron chi connectivity index (χ0n) is 10.3. The lowest BCUT2D eigenvalue weighted by atomic mass is 10.2. The van der Waals surface area contributed by atoms with E-state index in [1.165, 1.54) is 19.4 Å². The molecule has 0 aliphatic carbocycles. The lowest BCUT2D eigenvalue weighted by molar-refractivity contribution is 0.0497. The minimum Gasteiger partial charge on any atom is -0.494 e. The SMILES string of the molecule is CCCCOC(=O)c1cnc(C(=O)O)c(OC)c1. The predicted molar refractivity (Wildman–Crippen MR) is 62.9 cm³/mol. The summed E-state index contributed by atoms with van der Waals surface area (Å²) in [5.41, 5.74) is -0.0597. The molecule has 0 saturated heterocycles. The van der Waals surface area contributed by atoms with E-state index in [2.05, 4.69) is 4.98 Å². The van der Waals surface area contributed by atoms with Crippen molar-refractivity contribution in [1.82, 2.24) is 4.98 Å². The number of esters is 1. The Bertz CT molecular complexity index is 444. The zero-order valence-corrected chi connectivity index (χ0v) is 10.3. The lowest BCUT2D eigenvalue weighted by Crippen LogP contribution is -2.10. The number of nitrogens with zero attached hydrogens (tertiary/aromatic N) is 1. The second kappa shape index (κ2) is 6.58. The summed E-state index contributed by atoms with van der Waals surface area (Å²) in [6.07, 6.45) is 2.87. The predicted octanol–water partition coefficient (Wildman–Crippen LogP) is 1.75. The van der Waals surface area contributed by atoms with E-state index in [4.69, 9.17) is 14.6 Å². The van der Waals surface area contributed by atoms with Crippen molar-refractivity contribution in [2.45, 2.75) is 19.8 Å². The smallest absolute Gasteiger partial charge is 0.358 e. The second-order valence-electron chi connectivity index (χ2n) is 3.57. The summed E-state index contributed by atoms with van der Waals surface area (Å²) < 4.78 is 9.86. The minimum absolute atomic E-state index is 0.0347. The number of ether oxygens (including phenoxy) is 2. The molecule has 1 heterocycles. The highest BCUT2D eigenvalue weighted by Crippen LogP contribution is 2.18. The van der Waals surface area contributed by atoms with Gasteiger partial charge in [-0.25, -0.2) is 14.6 Å². The molecule has 0 unspecified atom stereocenters. The van der Waals surface area contributed by atoms with Crippen molar-refractivity contribution in [1.29, 1.82) is 0 Å². The van der Waals surface area contributed by atoms with Crippen molar-refractivity contribution in [3.63, 3.8) is 0 Å². The Hall–Kier alpha value is -2.11. The number of hydrogen-bond acceptors (Lipinski definition) is 5. The molecule has 0 saturated carbocycles. The molecule has 0 spiro atoms. The van der Waals surface area contributed by atoms with Gasteiger partial charge in [0.15, 0.2) is 11.4 Å². The lowest BCUT2D eigenvalue weighted by Gasteiger charge is -2.07.